The molecule has 0 aliphatic carbocycles. The Hall–Kier alpha value is -7.06. The molecule has 0 saturated carbocycles. The number of nitrogens with one attached hydrogen (secondary N) is 9. The summed E-state index contributed by atoms with van der Waals surface area (Å²) in [6.07, 6.45) is -0.800. The van der Waals surface area contributed by atoms with Crippen LogP contribution in [-0.2, 0) is 43.0 Å². The number of benzene rings is 2. The molecule has 338 valence electrons. The quantitative estimate of drug-likeness (QED) is 0.0932. The summed E-state index contributed by atoms with van der Waals surface area (Å²) in [5, 5.41) is 22.4. The number of rotatable bonds is 18. The van der Waals surface area contributed by atoms with E-state index in [-0.39, 0.29) is 22.5 Å². The molecule has 9 amide bonds. The van der Waals surface area contributed by atoms with Gasteiger partial charge in [-0.3, -0.25) is 38.4 Å². The fourth-order valence-electron chi connectivity index (χ4n) is 5.00. The average molecular weight is 868 g/mol. The van der Waals surface area contributed by atoms with Crippen molar-refractivity contribution in [2.75, 3.05) is 17.7 Å². The second-order valence-corrected chi connectivity index (χ2v) is 15.3. The molecule has 0 bridgehead atoms. The van der Waals surface area contributed by atoms with Crippen LogP contribution in [0.3, 0.4) is 0 Å². The van der Waals surface area contributed by atoms with E-state index in [9.17, 15) is 47.9 Å². The van der Waals surface area contributed by atoms with Crippen LogP contribution >= 0.6 is 0 Å². The summed E-state index contributed by atoms with van der Waals surface area (Å²) in [4.78, 5) is 126. The van der Waals surface area contributed by atoms with Gasteiger partial charge in [0.1, 0.15) is 47.9 Å². The van der Waals surface area contributed by atoms with Crippen molar-refractivity contribution in [3.8, 4) is 0 Å². The van der Waals surface area contributed by atoms with Crippen LogP contribution in [0.15, 0.2) is 48.5 Å². The number of anilines is 2. The summed E-state index contributed by atoms with van der Waals surface area (Å²) in [6, 6.07) is 4.22. The van der Waals surface area contributed by atoms with E-state index in [0.717, 1.165) is 0 Å². The van der Waals surface area contributed by atoms with E-state index < -0.39 is 107 Å². The third-order valence-corrected chi connectivity index (χ3v) is 8.56. The van der Waals surface area contributed by atoms with Gasteiger partial charge in [0.05, 0.1) is 7.11 Å². The molecule has 21 heteroatoms. The molecule has 2 rings (SSSR count). The van der Waals surface area contributed by atoms with Gasteiger partial charge >= 0.3 is 12.1 Å². The third-order valence-electron chi connectivity index (χ3n) is 8.56. The highest BCUT2D eigenvalue weighted by atomic mass is 16.6. The lowest BCUT2D eigenvalue weighted by atomic mass is 10.1. The molecule has 0 heterocycles. The molecule has 7 atom stereocenters. The summed E-state index contributed by atoms with van der Waals surface area (Å²) in [5.41, 5.74) is -0.170. The molecule has 0 unspecified atom stereocenters. The lowest BCUT2D eigenvalue weighted by molar-refractivity contribution is -0.144. The van der Waals surface area contributed by atoms with E-state index in [1.165, 1.54) is 104 Å². The van der Waals surface area contributed by atoms with Crippen molar-refractivity contribution in [3.05, 3.63) is 59.7 Å². The maximum absolute atomic E-state index is 13.0. The lowest BCUT2D eigenvalue weighted by Crippen LogP contribution is -2.54. The predicted molar refractivity (Wildman–Crippen MR) is 225 cm³/mol. The van der Waals surface area contributed by atoms with Gasteiger partial charge in [0.2, 0.25) is 35.4 Å². The maximum Gasteiger partial charge on any atom is 0.408 e. The molecule has 2 aromatic carbocycles. The number of carbonyl (C=O) groups excluding carboxylic acids is 10. The smallest absolute Gasteiger partial charge is 0.408 e. The molecule has 0 saturated heterocycles. The van der Waals surface area contributed by atoms with Crippen molar-refractivity contribution in [1.82, 2.24) is 37.2 Å². The molecular weight excluding hydrogens is 811 g/mol. The SMILES string of the molecule is COC(=O)[C@H](C)NC(=O)[C@H](C)NC(=O)c1cccc(NC(=O)[C@H](C)NC(=O)[C@@H](C)NC(=O)[C@H](C)NC(=O)c2cccc(NC(=O)[C@H](C)NC(=O)[C@H](C)NC(=O)OC(C)(C)C)c2)c1. The van der Waals surface area contributed by atoms with Crippen LogP contribution in [0.2, 0.25) is 0 Å². The molecule has 9 N–H and O–H groups in total. The second kappa shape index (κ2) is 23.1. The highest BCUT2D eigenvalue weighted by Gasteiger charge is 2.27. The van der Waals surface area contributed by atoms with Gasteiger partial charge in [-0.2, -0.15) is 0 Å². The Morgan fingerprint density at radius 3 is 1.13 bits per heavy atom. The minimum atomic E-state index is -1.14. The summed E-state index contributed by atoms with van der Waals surface area (Å²) >= 11 is 0. The second-order valence-electron chi connectivity index (χ2n) is 15.3. The van der Waals surface area contributed by atoms with E-state index in [1.54, 1.807) is 20.8 Å². The number of amides is 9. The average Bonchev–Trinajstić information content (AvgIpc) is 3.19. The molecule has 21 nitrogen and oxygen atoms in total. The van der Waals surface area contributed by atoms with E-state index in [0.29, 0.717) is 0 Å². The maximum atomic E-state index is 13.0. The van der Waals surface area contributed by atoms with Crippen LogP contribution in [-0.4, -0.2) is 114 Å². The summed E-state index contributed by atoms with van der Waals surface area (Å²) < 4.78 is 9.70. The molecule has 0 spiro atoms. The van der Waals surface area contributed by atoms with Gasteiger partial charge in [-0.25, -0.2) is 9.59 Å². The van der Waals surface area contributed by atoms with Crippen molar-refractivity contribution in [3.63, 3.8) is 0 Å². The van der Waals surface area contributed by atoms with Crippen LogP contribution in [0, 0.1) is 0 Å². The van der Waals surface area contributed by atoms with Crippen LogP contribution in [0.25, 0.3) is 0 Å². The van der Waals surface area contributed by atoms with Crippen molar-refractivity contribution in [1.29, 1.82) is 0 Å². The van der Waals surface area contributed by atoms with Gasteiger partial charge in [0.25, 0.3) is 11.8 Å². The van der Waals surface area contributed by atoms with E-state index in [4.69, 9.17) is 4.74 Å². The summed E-state index contributed by atoms with van der Waals surface area (Å²) in [6.45, 7) is 14.9. The van der Waals surface area contributed by atoms with Gasteiger partial charge in [-0.05, 0) is 106 Å². The molecule has 2 aromatic rings. The number of alkyl carbamates (subject to hydrolysis) is 1. The monoisotopic (exact) mass is 867 g/mol. The fourth-order valence-corrected chi connectivity index (χ4v) is 5.00. The largest absolute Gasteiger partial charge is 0.467 e. The highest BCUT2D eigenvalue weighted by molar-refractivity contribution is 6.03. The van der Waals surface area contributed by atoms with Crippen molar-refractivity contribution < 1.29 is 57.4 Å². The van der Waals surface area contributed by atoms with Crippen LogP contribution in [0.4, 0.5) is 16.2 Å². The van der Waals surface area contributed by atoms with Crippen LogP contribution in [0.1, 0.15) is 90.0 Å². The first kappa shape index (κ1) is 51.1. The first-order valence-corrected chi connectivity index (χ1v) is 19.5. The summed E-state index contributed by atoms with van der Waals surface area (Å²) in [7, 11) is 1.18. The summed E-state index contributed by atoms with van der Waals surface area (Å²) in [5.74, 6) is -5.95. The number of esters is 1. The first-order chi connectivity index (χ1) is 28.8. The van der Waals surface area contributed by atoms with Gasteiger partial charge in [0, 0.05) is 22.5 Å². The number of methoxy groups -OCH3 is 1. The van der Waals surface area contributed by atoms with Crippen LogP contribution < -0.4 is 47.9 Å². The van der Waals surface area contributed by atoms with Crippen LogP contribution in [0.5, 0.6) is 0 Å². The molecular formula is C41H57N9O12. The predicted octanol–water partition coefficient (Wildman–Crippen LogP) is 0.605. The lowest BCUT2D eigenvalue weighted by Gasteiger charge is -2.22. The van der Waals surface area contributed by atoms with Gasteiger partial charge in [-0.1, -0.05) is 12.1 Å². The van der Waals surface area contributed by atoms with Gasteiger partial charge in [-0.15, -0.1) is 0 Å². The molecule has 0 aromatic heterocycles. The molecule has 0 radical (unpaired) electrons. The van der Waals surface area contributed by atoms with E-state index in [1.807, 2.05) is 0 Å². The Morgan fingerprint density at radius 2 is 0.774 bits per heavy atom. The number of ether oxygens (including phenoxy) is 2. The van der Waals surface area contributed by atoms with Crippen molar-refractivity contribution in [2.45, 2.75) is 117 Å². The zero-order chi connectivity index (χ0) is 47.1. The number of hydrogen-bond acceptors (Lipinski definition) is 12. The Balaban J connectivity index is 1.88. The third kappa shape index (κ3) is 16.9. The van der Waals surface area contributed by atoms with Gasteiger partial charge in [0.15, 0.2) is 0 Å². The van der Waals surface area contributed by atoms with Gasteiger partial charge < -0.3 is 57.3 Å². The normalized spacial score (nSPS) is 14.2. The Kier molecular flexibility index (Phi) is 19.0. The van der Waals surface area contributed by atoms with Crippen molar-refractivity contribution in [2.24, 2.45) is 0 Å². The molecule has 0 aliphatic rings. The minimum absolute atomic E-state index is 0.0789. The Labute approximate surface area is 359 Å². The Bertz CT molecular complexity index is 2020. The topological polar surface area (TPSA) is 297 Å². The zero-order valence-electron chi connectivity index (χ0n) is 36.6. The Morgan fingerprint density at radius 1 is 0.452 bits per heavy atom. The molecule has 62 heavy (non-hydrogen) atoms. The first-order valence-electron chi connectivity index (χ1n) is 19.5. The standard InChI is InChI=1S/C41H57N9O12/c1-20(31(51)43-23(4)35(55)49-29-16-13-15-28(19-29)38(58)46-22(3)33(53)47-26(7)39(59)61-11)42-32(52)21(2)45-37(57)27-14-12-17-30(18-27)50-36(56)24(5)44-34(54)25(6)48-40(60)62-41(8,9)10/h12-26H,1-11H3,(H,42,52)(H,43,51)(H,44,54)(H,45,57)(H,46,58)(H,47,53)(H,48,60)(H,49,55)(H,50,56)/t20-,21+,22+,23+,24+,25+,26+/m1/s1. The van der Waals surface area contributed by atoms with E-state index >= 15 is 0 Å². The van der Waals surface area contributed by atoms with E-state index in [2.05, 4.69) is 52.6 Å². The highest BCUT2D eigenvalue weighted by Crippen LogP contribution is 2.13. The minimum Gasteiger partial charge on any atom is -0.467 e. The van der Waals surface area contributed by atoms with Crippen molar-refractivity contribution >= 4 is 70.7 Å². The zero-order valence-corrected chi connectivity index (χ0v) is 36.6. The number of hydrogen-bond donors (Lipinski definition) is 9. The number of carbonyl (C=O) groups is 10. The fraction of sp³-hybridized carbons (Fsp3) is 0.463. The molecule has 0 fully saturated rings. The molecule has 0 aliphatic heterocycles.